The summed E-state index contributed by atoms with van der Waals surface area (Å²) >= 11 is 0. The Balaban J connectivity index is 2.78. The number of likely N-dealkylation sites (N-methyl/N-ethyl adjacent to an activating group) is 1. The van der Waals surface area contributed by atoms with Crippen molar-refractivity contribution in [3.8, 4) is 0 Å². The van der Waals surface area contributed by atoms with E-state index >= 15 is 0 Å². The predicted molar refractivity (Wildman–Crippen MR) is 65.4 cm³/mol. The van der Waals surface area contributed by atoms with Crippen molar-refractivity contribution < 1.29 is 5.11 Å². The zero-order chi connectivity index (χ0) is 12.5. The van der Waals surface area contributed by atoms with E-state index in [1.165, 1.54) is 0 Å². The van der Waals surface area contributed by atoms with E-state index in [2.05, 4.69) is 5.10 Å². The molecule has 0 fully saturated rings. The molecular weight excluding hydrogens is 202 g/mol. The summed E-state index contributed by atoms with van der Waals surface area (Å²) in [4.78, 5) is 2.04. The van der Waals surface area contributed by atoms with E-state index in [0.717, 1.165) is 11.4 Å². The third kappa shape index (κ3) is 2.62. The molecular formula is C12H23N3O. The number of nitrogens with zero attached hydrogens (tertiary/aromatic N) is 3. The fraction of sp³-hybridized carbons (Fsp3) is 0.750. The molecule has 0 amide bonds. The average molecular weight is 225 g/mol. The van der Waals surface area contributed by atoms with Gasteiger partial charge in [0, 0.05) is 24.7 Å². The topological polar surface area (TPSA) is 41.3 Å². The minimum absolute atomic E-state index is 0.238. The van der Waals surface area contributed by atoms with E-state index in [-0.39, 0.29) is 5.54 Å². The van der Waals surface area contributed by atoms with Gasteiger partial charge in [0.15, 0.2) is 0 Å². The van der Waals surface area contributed by atoms with Crippen LogP contribution in [0.3, 0.4) is 0 Å². The minimum Gasteiger partial charge on any atom is -0.391 e. The predicted octanol–water partition coefficient (Wildman–Crippen LogP) is 0.972. The average Bonchev–Trinajstić information content (AvgIpc) is 2.44. The van der Waals surface area contributed by atoms with Crippen LogP contribution in [0.2, 0.25) is 0 Å². The lowest BCUT2D eigenvalue weighted by Gasteiger charge is -2.37. The van der Waals surface area contributed by atoms with Gasteiger partial charge in [0.05, 0.1) is 11.8 Å². The molecule has 0 aliphatic carbocycles. The summed E-state index contributed by atoms with van der Waals surface area (Å²) in [5, 5.41) is 14.5. The van der Waals surface area contributed by atoms with Crippen LogP contribution in [0.4, 0.5) is 0 Å². The molecule has 0 aliphatic heterocycles. The molecule has 1 N–H and O–H groups in total. The first kappa shape index (κ1) is 13.2. The number of aliphatic hydroxyl groups excluding tert-OH is 1. The first-order chi connectivity index (χ1) is 7.25. The molecule has 4 heteroatoms. The maximum Gasteiger partial charge on any atom is 0.0773 e. The van der Waals surface area contributed by atoms with Gasteiger partial charge in [-0.05, 0) is 40.9 Å². The second kappa shape index (κ2) is 4.55. The molecule has 0 aliphatic rings. The van der Waals surface area contributed by atoms with Gasteiger partial charge in [-0.1, -0.05) is 0 Å². The molecule has 0 spiro atoms. The number of aromatic nitrogens is 2. The summed E-state index contributed by atoms with van der Waals surface area (Å²) in [5.74, 6) is 0. The summed E-state index contributed by atoms with van der Waals surface area (Å²) in [6.07, 6.45) is 0.222. The van der Waals surface area contributed by atoms with Gasteiger partial charge >= 0.3 is 0 Å². The summed E-state index contributed by atoms with van der Waals surface area (Å²) in [7, 11) is 5.88. The molecule has 1 atom stereocenters. The van der Waals surface area contributed by atoms with Crippen LogP contribution >= 0.6 is 0 Å². The molecule has 0 saturated carbocycles. The van der Waals surface area contributed by atoms with E-state index < -0.39 is 6.10 Å². The Morgan fingerprint density at radius 3 is 2.44 bits per heavy atom. The van der Waals surface area contributed by atoms with Crippen LogP contribution in [-0.4, -0.2) is 45.5 Å². The van der Waals surface area contributed by atoms with Crippen LogP contribution < -0.4 is 0 Å². The summed E-state index contributed by atoms with van der Waals surface area (Å²) < 4.78 is 1.84. The van der Waals surface area contributed by atoms with Crippen LogP contribution in [0.5, 0.6) is 0 Å². The molecule has 1 aromatic heterocycles. The van der Waals surface area contributed by atoms with Crippen LogP contribution in [-0.2, 0) is 13.5 Å². The lowest BCUT2D eigenvalue weighted by atomic mass is 9.92. The molecule has 0 saturated heterocycles. The lowest BCUT2D eigenvalue weighted by Crippen LogP contribution is -2.49. The van der Waals surface area contributed by atoms with Gasteiger partial charge in [-0.3, -0.25) is 4.68 Å². The molecule has 0 radical (unpaired) electrons. The Morgan fingerprint density at radius 1 is 1.50 bits per heavy atom. The van der Waals surface area contributed by atoms with Crippen molar-refractivity contribution in [2.75, 3.05) is 14.1 Å². The smallest absolute Gasteiger partial charge is 0.0773 e. The van der Waals surface area contributed by atoms with Crippen molar-refractivity contribution in [1.82, 2.24) is 14.7 Å². The van der Waals surface area contributed by atoms with Crippen LogP contribution in [0.1, 0.15) is 25.2 Å². The van der Waals surface area contributed by atoms with E-state index in [4.69, 9.17) is 0 Å². The van der Waals surface area contributed by atoms with Crippen LogP contribution in [0.25, 0.3) is 0 Å². The Hall–Kier alpha value is -0.870. The number of aliphatic hydroxyl groups is 1. The molecule has 1 unspecified atom stereocenters. The number of hydrogen-bond donors (Lipinski definition) is 1. The Bertz CT molecular complexity index is 355. The van der Waals surface area contributed by atoms with Gasteiger partial charge in [-0.2, -0.15) is 5.10 Å². The SMILES string of the molecule is Cc1cc(CC(O)C(C)(C)N(C)C)n(C)n1. The Labute approximate surface area is 97.9 Å². The highest BCUT2D eigenvalue weighted by Crippen LogP contribution is 2.19. The van der Waals surface area contributed by atoms with Crippen molar-refractivity contribution in [3.63, 3.8) is 0 Å². The normalized spacial score (nSPS) is 14.5. The molecule has 92 valence electrons. The lowest BCUT2D eigenvalue weighted by molar-refractivity contribution is 0.0172. The zero-order valence-electron chi connectivity index (χ0n) is 11.2. The molecule has 0 aromatic carbocycles. The standard InChI is InChI=1S/C12H23N3O/c1-9-7-10(15(6)13-9)8-11(16)12(2,3)14(4)5/h7,11,16H,8H2,1-6H3. The van der Waals surface area contributed by atoms with Crippen molar-refractivity contribution in [2.24, 2.45) is 7.05 Å². The highest BCUT2D eigenvalue weighted by molar-refractivity contribution is 5.11. The van der Waals surface area contributed by atoms with Crippen LogP contribution in [0.15, 0.2) is 6.07 Å². The second-order valence-corrected chi connectivity index (χ2v) is 5.17. The monoisotopic (exact) mass is 225 g/mol. The van der Waals surface area contributed by atoms with E-state index in [0.29, 0.717) is 6.42 Å². The zero-order valence-corrected chi connectivity index (χ0v) is 11.2. The third-order valence-corrected chi connectivity index (χ3v) is 3.47. The van der Waals surface area contributed by atoms with Crippen molar-refractivity contribution in [3.05, 3.63) is 17.5 Å². The van der Waals surface area contributed by atoms with Gasteiger partial charge in [0.2, 0.25) is 0 Å². The maximum atomic E-state index is 10.3. The fourth-order valence-electron chi connectivity index (χ4n) is 1.60. The van der Waals surface area contributed by atoms with Crippen LogP contribution in [0, 0.1) is 6.92 Å². The minimum atomic E-state index is -0.405. The fourth-order valence-corrected chi connectivity index (χ4v) is 1.60. The van der Waals surface area contributed by atoms with E-state index in [1.807, 2.05) is 57.6 Å². The molecule has 0 bridgehead atoms. The number of hydrogen-bond acceptors (Lipinski definition) is 3. The van der Waals surface area contributed by atoms with Gasteiger partial charge in [-0.25, -0.2) is 0 Å². The highest BCUT2D eigenvalue weighted by atomic mass is 16.3. The molecule has 16 heavy (non-hydrogen) atoms. The van der Waals surface area contributed by atoms with Gasteiger partial charge in [0.1, 0.15) is 0 Å². The van der Waals surface area contributed by atoms with Crippen molar-refractivity contribution >= 4 is 0 Å². The highest BCUT2D eigenvalue weighted by Gasteiger charge is 2.30. The first-order valence-electron chi connectivity index (χ1n) is 5.60. The van der Waals surface area contributed by atoms with E-state index in [9.17, 15) is 5.11 Å². The molecule has 1 heterocycles. The summed E-state index contributed by atoms with van der Waals surface area (Å²) in [6.45, 7) is 6.05. The third-order valence-electron chi connectivity index (χ3n) is 3.47. The van der Waals surface area contributed by atoms with Gasteiger partial charge in [-0.15, -0.1) is 0 Å². The molecule has 1 aromatic rings. The van der Waals surface area contributed by atoms with Crippen molar-refractivity contribution in [1.29, 1.82) is 0 Å². The van der Waals surface area contributed by atoms with Crippen molar-refractivity contribution in [2.45, 2.75) is 38.8 Å². The quantitative estimate of drug-likeness (QED) is 0.830. The Kier molecular flexibility index (Phi) is 3.76. The first-order valence-corrected chi connectivity index (χ1v) is 5.60. The summed E-state index contributed by atoms with van der Waals surface area (Å²) in [6, 6.07) is 2.02. The second-order valence-electron chi connectivity index (χ2n) is 5.17. The number of aryl methyl sites for hydroxylation is 2. The largest absolute Gasteiger partial charge is 0.391 e. The number of rotatable bonds is 4. The summed E-state index contributed by atoms with van der Waals surface area (Å²) in [5.41, 5.74) is 1.82. The van der Waals surface area contributed by atoms with Gasteiger partial charge < -0.3 is 10.0 Å². The van der Waals surface area contributed by atoms with E-state index in [1.54, 1.807) is 0 Å². The molecule has 4 nitrogen and oxygen atoms in total. The van der Waals surface area contributed by atoms with Gasteiger partial charge in [0.25, 0.3) is 0 Å². The molecule has 1 rings (SSSR count). The Morgan fingerprint density at radius 2 is 2.06 bits per heavy atom. The maximum absolute atomic E-state index is 10.3.